The Morgan fingerprint density at radius 1 is 1.03 bits per heavy atom. The zero-order valence-electron chi connectivity index (χ0n) is 18.0. The van der Waals surface area contributed by atoms with Crippen LogP contribution in [-0.4, -0.2) is 28.4 Å². The van der Waals surface area contributed by atoms with E-state index in [0.717, 1.165) is 0 Å². The first-order valence-electron chi connectivity index (χ1n) is 10.1. The van der Waals surface area contributed by atoms with Crippen LogP contribution in [0, 0.1) is 12.7 Å². The Labute approximate surface area is 188 Å². The topological polar surface area (TPSA) is 90.3 Å². The van der Waals surface area contributed by atoms with Crippen molar-refractivity contribution in [3.05, 3.63) is 99.7 Å². The van der Waals surface area contributed by atoms with Crippen molar-refractivity contribution in [2.45, 2.75) is 13.5 Å². The number of aryl methyl sites for hydroxylation is 1. The predicted octanol–water partition coefficient (Wildman–Crippen LogP) is 3.72. The molecule has 2 heterocycles. The molecule has 0 aliphatic carbocycles. The second-order valence-corrected chi connectivity index (χ2v) is 7.41. The summed E-state index contributed by atoms with van der Waals surface area (Å²) in [4.78, 5) is 43.5. The number of pyridine rings is 2. The Hall–Kier alpha value is -4.33. The number of nitrogens with zero attached hydrogens (tertiary/aromatic N) is 2. The van der Waals surface area contributed by atoms with Gasteiger partial charge in [-0.3, -0.25) is 14.4 Å². The lowest BCUT2D eigenvalue weighted by atomic mass is 10.0. The third-order valence-electron chi connectivity index (χ3n) is 5.10. The van der Waals surface area contributed by atoms with E-state index in [4.69, 9.17) is 4.74 Å². The van der Waals surface area contributed by atoms with E-state index in [1.807, 2.05) is 0 Å². The quantitative estimate of drug-likeness (QED) is 0.457. The molecule has 0 aliphatic heterocycles. The van der Waals surface area contributed by atoms with Crippen molar-refractivity contribution in [2.24, 2.45) is 0 Å². The first-order valence-corrected chi connectivity index (χ1v) is 10.1. The molecule has 0 spiro atoms. The number of carbonyl (C=O) groups excluding carboxylic acids is 2. The van der Waals surface area contributed by atoms with Crippen LogP contribution in [0.5, 0.6) is 5.75 Å². The minimum atomic E-state index is -0.521. The first-order chi connectivity index (χ1) is 15.9. The zero-order valence-corrected chi connectivity index (χ0v) is 18.0. The minimum Gasteiger partial charge on any atom is -0.496 e. The molecule has 8 heteroatoms. The van der Waals surface area contributed by atoms with Crippen LogP contribution in [0.25, 0.3) is 11.0 Å². The van der Waals surface area contributed by atoms with E-state index in [2.05, 4.69) is 10.3 Å². The summed E-state index contributed by atoms with van der Waals surface area (Å²) < 4.78 is 19.9. The van der Waals surface area contributed by atoms with E-state index in [1.54, 1.807) is 43.3 Å². The number of aromatic nitrogens is 2. The zero-order chi connectivity index (χ0) is 23.5. The Bertz CT molecular complexity index is 1430. The lowest BCUT2D eigenvalue weighted by Crippen LogP contribution is -2.25. The van der Waals surface area contributed by atoms with Gasteiger partial charge in [-0.1, -0.05) is 12.1 Å². The van der Waals surface area contributed by atoms with Gasteiger partial charge in [0.2, 0.25) is 17.1 Å². The smallest absolute Gasteiger partial charge is 0.244 e. The molecule has 0 atom stereocenters. The van der Waals surface area contributed by atoms with Gasteiger partial charge in [0.1, 0.15) is 23.8 Å². The van der Waals surface area contributed by atoms with Crippen LogP contribution >= 0.6 is 0 Å². The Morgan fingerprint density at radius 3 is 2.48 bits per heavy atom. The highest BCUT2D eigenvalue weighted by atomic mass is 19.1. The molecule has 2 aromatic carbocycles. The van der Waals surface area contributed by atoms with E-state index in [9.17, 15) is 18.8 Å². The summed E-state index contributed by atoms with van der Waals surface area (Å²) in [6.45, 7) is 1.55. The summed E-state index contributed by atoms with van der Waals surface area (Å²) in [7, 11) is 1.44. The number of fused-ring (bicyclic) bond motifs is 1. The molecule has 4 aromatic rings. The van der Waals surface area contributed by atoms with Crippen molar-refractivity contribution in [3.63, 3.8) is 0 Å². The molecule has 0 aliphatic rings. The van der Waals surface area contributed by atoms with Gasteiger partial charge in [-0.05, 0) is 55.5 Å². The molecule has 0 saturated carbocycles. The van der Waals surface area contributed by atoms with Crippen molar-refractivity contribution >= 4 is 28.4 Å². The number of para-hydroxylation sites is 1. The molecule has 33 heavy (non-hydrogen) atoms. The number of amides is 1. The number of benzene rings is 2. The Morgan fingerprint density at radius 2 is 1.76 bits per heavy atom. The van der Waals surface area contributed by atoms with Crippen LogP contribution in [0.15, 0.2) is 71.7 Å². The fourth-order valence-electron chi connectivity index (χ4n) is 3.51. The third kappa shape index (κ3) is 4.50. The number of halogens is 1. The van der Waals surface area contributed by atoms with Crippen molar-refractivity contribution < 1.29 is 18.7 Å². The fraction of sp³-hybridized carbons (Fsp3) is 0.120. The summed E-state index contributed by atoms with van der Waals surface area (Å²) in [5.41, 5.74) is 1.00. The number of ether oxygens (including phenoxy) is 1. The number of ketones is 1. The van der Waals surface area contributed by atoms with Crippen LogP contribution in [-0.2, 0) is 11.3 Å². The molecule has 0 fully saturated rings. The normalized spacial score (nSPS) is 10.8. The summed E-state index contributed by atoms with van der Waals surface area (Å²) in [6.07, 6.45) is 1.34. The average molecular weight is 445 g/mol. The van der Waals surface area contributed by atoms with E-state index >= 15 is 0 Å². The molecule has 1 amide bonds. The average Bonchev–Trinajstić information content (AvgIpc) is 2.81. The molecule has 0 bridgehead atoms. The summed E-state index contributed by atoms with van der Waals surface area (Å²) in [5.74, 6) is -1.03. The second kappa shape index (κ2) is 9.04. The highest BCUT2D eigenvalue weighted by Gasteiger charge is 2.21. The van der Waals surface area contributed by atoms with Gasteiger partial charge in [0.15, 0.2) is 0 Å². The molecular weight excluding hydrogens is 425 g/mol. The SMILES string of the molecule is COc1ccccc1C(=O)c1cn(CC(=O)Nc2ccc(F)cc2)c2nc(C)ccc2c1=O. The van der Waals surface area contributed by atoms with Crippen LogP contribution in [0.2, 0.25) is 0 Å². The fourth-order valence-corrected chi connectivity index (χ4v) is 3.51. The van der Waals surface area contributed by atoms with Crippen LogP contribution in [0.4, 0.5) is 10.1 Å². The van der Waals surface area contributed by atoms with E-state index in [-0.39, 0.29) is 28.7 Å². The van der Waals surface area contributed by atoms with Gasteiger partial charge in [-0.15, -0.1) is 0 Å². The van der Waals surface area contributed by atoms with Crippen molar-refractivity contribution in [2.75, 3.05) is 12.4 Å². The molecule has 7 nitrogen and oxygen atoms in total. The monoisotopic (exact) mass is 445 g/mol. The number of nitrogens with one attached hydrogen (secondary N) is 1. The van der Waals surface area contributed by atoms with Gasteiger partial charge in [-0.25, -0.2) is 9.37 Å². The van der Waals surface area contributed by atoms with Gasteiger partial charge in [0, 0.05) is 17.6 Å². The van der Waals surface area contributed by atoms with Crippen molar-refractivity contribution in [1.82, 2.24) is 9.55 Å². The maximum Gasteiger partial charge on any atom is 0.244 e. The van der Waals surface area contributed by atoms with E-state index in [0.29, 0.717) is 17.1 Å². The van der Waals surface area contributed by atoms with Crippen molar-refractivity contribution in [1.29, 1.82) is 0 Å². The molecular formula is C25H20FN3O4. The highest BCUT2D eigenvalue weighted by Crippen LogP contribution is 2.21. The molecule has 166 valence electrons. The van der Waals surface area contributed by atoms with Gasteiger partial charge < -0.3 is 14.6 Å². The van der Waals surface area contributed by atoms with Gasteiger partial charge in [-0.2, -0.15) is 0 Å². The number of carbonyl (C=O) groups is 2. The van der Waals surface area contributed by atoms with Crippen LogP contribution in [0.3, 0.4) is 0 Å². The Balaban J connectivity index is 1.78. The number of methoxy groups -OCH3 is 1. The first kappa shape index (κ1) is 21.9. The lowest BCUT2D eigenvalue weighted by molar-refractivity contribution is -0.116. The predicted molar refractivity (Wildman–Crippen MR) is 122 cm³/mol. The third-order valence-corrected chi connectivity index (χ3v) is 5.10. The highest BCUT2D eigenvalue weighted by molar-refractivity contribution is 6.11. The summed E-state index contributed by atoms with van der Waals surface area (Å²) >= 11 is 0. The van der Waals surface area contributed by atoms with Gasteiger partial charge in [0.25, 0.3) is 0 Å². The molecule has 2 aromatic heterocycles. The lowest BCUT2D eigenvalue weighted by Gasteiger charge is -2.14. The van der Waals surface area contributed by atoms with Crippen molar-refractivity contribution in [3.8, 4) is 5.75 Å². The molecule has 0 unspecified atom stereocenters. The van der Waals surface area contributed by atoms with Gasteiger partial charge >= 0.3 is 0 Å². The maximum atomic E-state index is 13.3. The summed E-state index contributed by atoms with van der Waals surface area (Å²) in [6, 6.07) is 15.2. The number of rotatable bonds is 6. The Kier molecular flexibility index (Phi) is 5.99. The number of hydrogen-bond donors (Lipinski definition) is 1. The van der Waals surface area contributed by atoms with Gasteiger partial charge in [0.05, 0.1) is 23.6 Å². The number of hydrogen-bond acceptors (Lipinski definition) is 5. The van der Waals surface area contributed by atoms with E-state index in [1.165, 1.54) is 42.1 Å². The van der Waals surface area contributed by atoms with Crippen LogP contribution < -0.4 is 15.5 Å². The maximum absolute atomic E-state index is 13.3. The van der Waals surface area contributed by atoms with Crippen LogP contribution in [0.1, 0.15) is 21.6 Å². The number of anilines is 1. The van der Waals surface area contributed by atoms with E-state index < -0.39 is 22.9 Å². The molecule has 0 saturated heterocycles. The molecule has 4 rings (SSSR count). The summed E-state index contributed by atoms with van der Waals surface area (Å²) in [5, 5.41) is 2.89. The largest absolute Gasteiger partial charge is 0.496 e. The molecule has 1 N–H and O–H groups in total. The minimum absolute atomic E-state index is 0.104. The second-order valence-electron chi connectivity index (χ2n) is 7.41. The standard InChI is InChI=1S/C25H20FN3O4/c1-15-7-12-19-24(32)20(23(31)18-5-3-4-6-21(18)33-2)13-29(25(19)27-15)14-22(30)28-17-10-8-16(26)9-11-17/h3-13H,14H2,1-2H3,(H,28,30). The molecule has 0 radical (unpaired) electrons.